The first-order valence-electron chi connectivity index (χ1n) is 7.36. The largest absolute Gasteiger partial charge is 0.496 e. The van der Waals surface area contributed by atoms with E-state index in [1.165, 1.54) is 0 Å². The van der Waals surface area contributed by atoms with E-state index in [-0.39, 0.29) is 11.9 Å². The summed E-state index contributed by atoms with van der Waals surface area (Å²) < 4.78 is 10.9. The molecule has 0 aromatic heterocycles. The highest BCUT2D eigenvalue weighted by Crippen LogP contribution is 2.31. The van der Waals surface area contributed by atoms with Gasteiger partial charge in [0, 0.05) is 17.5 Å². The van der Waals surface area contributed by atoms with Gasteiger partial charge in [-0.15, -0.1) is 0 Å². The van der Waals surface area contributed by atoms with Gasteiger partial charge in [-0.25, -0.2) is 0 Å². The van der Waals surface area contributed by atoms with Crippen molar-refractivity contribution in [3.8, 4) is 11.5 Å². The molecule has 22 heavy (non-hydrogen) atoms. The fourth-order valence-electron chi connectivity index (χ4n) is 2.69. The van der Waals surface area contributed by atoms with Crippen molar-refractivity contribution in [3.63, 3.8) is 0 Å². The lowest BCUT2D eigenvalue weighted by molar-refractivity contribution is 0.0924. The van der Waals surface area contributed by atoms with Crippen molar-refractivity contribution < 1.29 is 14.3 Å². The van der Waals surface area contributed by atoms with Gasteiger partial charge in [0.05, 0.1) is 19.8 Å². The van der Waals surface area contributed by atoms with Gasteiger partial charge in [0.25, 0.3) is 5.91 Å². The predicted octanol–water partition coefficient (Wildman–Crippen LogP) is 3.26. The Labute approximate surface area is 130 Å². The number of hydrogen-bond acceptors (Lipinski definition) is 3. The van der Waals surface area contributed by atoms with Crippen LogP contribution in [0.2, 0.25) is 0 Å². The maximum atomic E-state index is 12.5. The summed E-state index contributed by atoms with van der Waals surface area (Å²) >= 11 is 0. The number of para-hydroxylation sites is 1. The van der Waals surface area contributed by atoms with Crippen LogP contribution in [-0.4, -0.2) is 19.6 Å². The van der Waals surface area contributed by atoms with Crippen LogP contribution in [0.4, 0.5) is 0 Å². The summed E-state index contributed by atoms with van der Waals surface area (Å²) in [5, 5.41) is 3.09. The van der Waals surface area contributed by atoms with Crippen LogP contribution in [0.15, 0.2) is 42.5 Å². The first-order valence-corrected chi connectivity index (χ1v) is 7.36. The number of carbonyl (C=O) groups is 1. The second kappa shape index (κ2) is 6.10. The molecule has 1 heterocycles. The Hall–Kier alpha value is -2.49. The maximum Gasteiger partial charge on any atom is 0.251 e. The van der Waals surface area contributed by atoms with Crippen molar-refractivity contribution in [2.24, 2.45) is 0 Å². The van der Waals surface area contributed by atoms with E-state index in [0.717, 1.165) is 29.0 Å². The summed E-state index contributed by atoms with van der Waals surface area (Å²) in [6.07, 6.45) is 0.770. The number of aryl methyl sites for hydroxylation is 1. The van der Waals surface area contributed by atoms with Gasteiger partial charge in [-0.2, -0.15) is 0 Å². The Morgan fingerprint density at radius 1 is 1.27 bits per heavy atom. The molecule has 0 saturated heterocycles. The molecule has 4 heteroatoms. The third kappa shape index (κ3) is 2.77. The fourth-order valence-corrected chi connectivity index (χ4v) is 2.69. The highest BCUT2D eigenvalue weighted by atomic mass is 16.5. The molecule has 1 aliphatic rings. The minimum atomic E-state index is -0.0972. The van der Waals surface area contributed by atoms with E-state index in [9.17, 15) is 4.79 Å². The van der Waals surface area contributed by atoms with E-state index in [0.29, 0.717) is 12.2 Å². The summed E-state index contributed by atoms with van der Waals surface area (Å²) in [7, 11) is 1.61. The van der Waals surface area contributed by atoms with Crippen molar-refractivity contribution in [2.45, 2.75) is 19.4 Å². The first kappa shape index (κ1) is 14.4. The second-order valence-electron chi connectivity index (χ2n) is 5.39. The van der Waals surface area contributed by atoms with Crippen LogP contribution in [0.5, 0.6) is 11.5 Å². The molecule has 3 rings (SSSR count). The lowest BCUT2D eigenvalue weighted by Crippen LogP contribution is -2.32. The molecule has 2 aromatic carbocycles. The summed E-state index contributed by atoms with van der Waals surface area (Å²) in [4.78, 5) is 12.5. The number of nitrogens with one attached hydrogen (secondary N) is 1. The van der Waals surface area contributed by atoms with Crippen LogP contribution < -0.4 is 14.8 Å². The van der Waals surface area contributed by atoms with Crippen molar-refractivity contribution in [2.75, 3.05) is 13.7 Å². The third-order valence-electron chi connectivity index (χ3n) is 3.93. The van der Waals surface area contributed by atoms with Gasteiger partial charge in [0.15, 0.2) is 0 Å². The molecule has 0 radical (unpaired) electrons. The maximum absolute atomic E-state index is 12.5. The van der Waals surface area contributed by atoms with Crippen LogP contribution >= 0.6 is 0 Å². The van der Waals surface area contributed by atoms with Crippen molar-refractivity contribution >= 4 is 5.91 Å². The monoisotopic (exact) mass is 297 g/mol. The lowest BCUT2D eigenvalue weighted by atomic mass is 10.00. The highest BCUT2D eigenvalue weighted by Gasteiger charge is 2.23. The van der Waals surface area contributed by atoms with Gasteiger partial charge in [0.2, 0.25) is 0 Å². The Bertz CT molecular complexity index is 696. The number of amides is 1. The standard InChI is InChI=1S/C18H19NO3/c1-12-7-8-13(11-17(12)21-2)18(20)19-15-9-10-22-16-6-4-3-5-14(15)16/h3-8,11,15H,9-10H2,1-2H3,(H,19,20). The molecule has 1 aliphatic heterocycles. The van der Waals surface area contributed by atoms with Crippen molar-refractivity contribution in [1.82, 2.24) is 5.32 Å². The molecule has 0 bridgehead atoms. The Morgan fingerprint density at radius 3 is 2.91 bits per heavy atom. The van der Waals surface area contributed by atoms with Crippen molar-refractivity contribution in [1.29, 1.82) is 0 Å². The molecule has 2 aromatic rings. The van der Waals surface area contributed by atoms with Gasteiger partial charge in [-0.05, 0) is 30.7 Å². The molecule has 1 atom stereocenters. The zero-order valence-electron chi connectivity index (χ0n) is 12.8. The second-order valence-corrected chi connectivity index (χ2v) is 5.39. The zero-order chi connectivity index (χ0) is 15.5. The molecule has 0 spiro atoms. The Kier molecular flexibility index (Phi) is 4.00. The van der Waals surface area contributed by atoms with Gasteiger partial charge < -0.3 is 14.8 Å². The first-order chi connectivity index (χ1) is 10.7. The van der Waals surface area contributed by atoms with Crippen LogP contribution in [0, 0.1) is 6.92 Å². The summed E-state index contributed by atoms with van der Waals surface area (Å²) in [5.74, 6) is 1.47. The average Bonchev–Trinajstić information content (AvgIpc) is 2.55. The quantitative estimate of drug-likeness (QED) is 0.946. The van der Waals surface area contributed by atoms with Crippen LogP contribution in [0.25, 0.3) is 0 Å². The molecule has 1 amide bonds. The minimum absolute atomic E-state index is 0.0234. The number of hydrogen-bond donors (Lipinski definition) is 1. The molecule has 1 unspecified atom stereocenters. The smallest absolute Gasteiger partial charge is 0.251 e. The molecular formula is C18H19NO3. The lowest BCUT2D eigenvalue weighted by Gasteiger charge is -2.26. The average molecular weight is 297 g/mol. The Morgan fingerprint density at radius 2 is 2.09 bits per heavy atom. The molecule has 1 N–H and O–H groups in total. The molecule has 4 nitrogen and oxygen atoms in total. The number of fused-ring (bicyclic) bond motifs is 1. The van der Waals surface area contributed by atoms with Gasteiger partial charge in [0.1, 0.15) is 11.5 Å². The van der Waals surface area contributed by atoms with E-state index in [4.69, 9.17) is 9.47 Å². The fraction of sp³-hybridized carbons (Fsp3) is 0.278. The van der Waals surface area contributed by atoms with Crippen LogP contribution in [-0.2, 0) is 0 Å². The van der Waals surface area contributed by atoms with Gasteiger partial charge in [-0.3, -0.25) is 4.79 Å². The van der Waals surface area contributed by atoms with Crippen LogP contribution in [0.3, 0.4) is 0 Å². The van der Waals surface area contributed by atoms with Gasteiger partial charge >= 0.3 is 0 Å². The van der Waals surface area contributed by atoms with E-state index in [1.807, 2.05) is 43.3 Å². The van der Waals surface area contributed by atoms with E-state index < -0.39 is 0 Å². The number of benzene rings is 2. The normalized spacial score (nSPS) is 16.4. The van der Waals surface area contributed by atoms with Gasteiger partial charge in [-0.1, -0.05) is 24.3 Å². The van der Waals surface area contributed by atoms with E-state index in [2.05, 4.69) is 5.32 Å². The molecule has 0 saturated carbocycles. The Balaban J connectivity index is 1.81. The highest BCUT2D eigenvalue weighted by molar-refractivity contribution is 5.95. The number of methoxy groups -OCH3 is 1. The summed E-state index contributed by atoms with van der Waals surface area (Å²) in [5.41, 5.74) is 2.64. The number of rotatable bonds is 3. The minimum Gasteiger partial charge on any atom is -0.496 e. The van der Waals surface area contributed by atoms with E-state index in [1.54, 1.807) is 13.2 Å². The topological polar surface area (TPSA) is 47.6 Å². The van der Waals surface area contributed by atoms with Crippen LogP contribution in [0.1, 0.15) is 33.9 Å². The summed E-state index contributed by atoms with van der Waals surface area (Å²) in [6.45, 7) is 2.56. The third-order valence-corrected chi connectivity index (χ3v) is 3.93. The number of carbonyl (C=O) groups excluding carboxylic acids is 1. The summed E-state index contributed by atoms with van der Waals surface area (Å²) in [6, 6.07) is 13.3. The zero-order valence-corrected chi connectivity index (χ0v) is 12.8. The molecule has 114 valence electrons. The molecular weight excluding hydrogens is 278 g/mol. The molecule has 0 fully saturated rings. The van der Waals surface area contributed by atoms with Crippen molar-refractivity contribution in [3.05, 3.63) is 59.2 Å². The predicted molar refractivity (Wildman–Crippen MR) is 84.5 cm³/mol. The molecule has 0 aliphatic carbocycles. The SMILES string of the molecule is COc1cc(C(=O)NC2CCOc3ccccc32)ccc1C. The van der Waals surface area contributed by atoms with E-state index >= 15 is 0 Å². The number of ether oxygens (including phenoxy) is 2.